The van der Waals surface area contributed by atoms with Gasteiger partial charge in [-0.05, 0) is 58.5 Å². The molecular weight excluding hydrogens is 749 g/mol. The van der Waals surface area contributed by atoms with E-state index in [0.29, 0.717) is 17.6 Å². The molecule has 0 N–H and O–H groups in total. The van der Waals surface area contributed by atoms with E-state index in [4.69, 9.17) is 23.8 Å². The first kappa shape index (κ1) is 33.6. The molecule has 0 amide bonds. The summed E-state index contributed by atoms with van der Waals surface area (Å²) in [5.74, 6) is 1.67. The van der Waals surface area contributed by atoms with Crippen molar-refractivity contribution in [1.82, 2.24) is 19.5 Å². The molecule has 0 aliphatic heterocycles. The predicted molar refractivity (Wildman–Crippen MR) is 248 cm³/mol. The molecule has 0 unspecified atom stereocenters. The third-order valence-electron chi connectivity index (χ3n) is 12.1. The Labute approximate surface area is 348 Å². The number of para-hydroxylation sites is 3. The Hall–Kier alpha value is -8.35. The van der Waals surface area contributed by atoms with Crippen LogP contribution in [0.4, 0.5) is 0 Å². The van der Waals surface area contributed by atoms with Crippen molar-refractivity contribution in [2.24, 2.45) is 0 Å². The molecule has 9 aromatic carbocycles. The summed E-state index contributed by atoms with van der Waals surface area (Å²) in [7, 11) is 0. The van der Waals surface area contributed by atoms with Gasteiger partial charge < -0.3 is 8.83 Å². The first-order chi connectivity index (χ1) is 30.2. The summed E-state index contributed by atoms with van der Waals surface area (Å²) in [6.45, 7) is 0. The molecule has 0 radical (unpaired) electrons. The monoisotopic (exact) mass is 780 g/mol. The van der Waals surface area contributed by atoms with Crippen LogP contribution in [0.15, 0.2) is 203 Å². The summed E-state index contributed by atoms with van der Waals surface area (Å²) < 4.78 is 14.9. The van der Waals surface area contributed by atoms with Crippen LogP contribution in [0.5, 0.6) is 0 Å². The molecule has 0 aliphatic rings. The van der Waals surface area contributed by atoms with Crippen molar-refractivity contribution in [1.29, 1.82) is 0 Å². The van der Waals surface area contributed by atoms with Gasteiger partial charge in [-0.1, -0.05) is 158 Å². The Morgan fingerprint density at radius 1 is 0.328 bits per heavy atom. The van der Waals surface area contributed by atoms with Crippen LogP contribution < -0.4 is 0 Å². The zero-order chi connectivity index (χ0) is 40.0. The second-order valence-corrected chi connectivity index (χ2v) is 15.5. The third kappa shape index (κ3) is 5.19. The van der Waals surface area contributed by atoms with E-state index >= 15 is 0 Å². The number of fused-ring (bicyclic) bond motifs is 11. The number of furan rings is 2. The van der Waals surface area contributed by atoms with E-state index in [9.17, 15) is 0 Å². The van der Waals surface area contributed by atoms with Crippen LogP contribution in [-0.2, 0) is 0 Å². The highest BCUT2D eigenvalue weighted by atomic mass is 16.3. The van der Waals surface area contributed by atoms with Crippen LogP contribution in [0.25, 0.3) is 127 Å². The van der Waals surface area contributed by atoms with Crippen molar-refractivity contribution in [3.63, 3.8) is 0 Å². The van der Waals surface area contributed by atoms with Gasteiger partial charge >= 0.3 is 0 Å². The van der Waals surface area contributed by atoms with Crippen molar-refractivity contribution in [2.75, 3.05) is 0 Å². The molecule has 0 saturated carbocycles. The zero-order valence-electron chi connectivity index (χ0n) is 32.6. The molecule has 0 bridgehead atoms. The number of hydrogen-bond donors (Lipinski definition) is 0. The number of benzene rings is 9. The Morgan fingerprint density at radius 2 is 0.902 bits per heavy atom. The van der Waals surface area contributed by atoms with Crippen molar-refractivity contribution < 1.29 is 8.83 Å². The third-order valence-corrected chi connectivity index (χ3v) is 12.1. The standard InChI is InChI=1S/C55H32N4O2/c1-2-14-34(15-3-1)53-56-54(37-28-29-42-41-19-6-8-24-46(41)61-49(42)32-37)58-55(57-53)59-51-39-18-5-4-13-33(39)27-30-44(51)43-23-11-22-40(52(43)59)36-17-10-16-35(31-36)38-21-12-26-48-50(38)45-20-7-9-25-47(45)60-48/h1-32H. The van der Waals surface area contributed by atoms with Crippen LogP contribution in [0.3, 0.4) is 0 Å². The molecule has 0 atom stereocenters. The van der Waals surface area contributed by atoms with Crippen LogP contribution in [0.1, 0.15) is 0 Å². The maximum atomic E-state index is 6.36. The lowest BCUT2D eigenvalue weighted by molar-refractivity contribution is 0.668. The summed E-state index contributed by atoms with van der Waals surface area (Å²) in [4.78, 5) is 15.9. The molecule has 0 aliphatic carbocycles. The number of aromatic nitrogens is 4. The van der Waals surface area contributed by atoms with Crippen molar-refractivity contribution >= 4 is 76.5 Å². The highest BCUT2D eigenvalue weighted by Gasteiger charge is 2.23. The van der Waals surface area contributed by atoms with Gasteiger partial charge in [0.25, 0.3) is 0 Å². The fourth-order valence-corrected chi connectivity index (χ4v) is 9.30. The normalized spacial score (nSPS) is 11.9. The lowest BCUT2D eigenvalue weighted by Crippen LogP contribution is -2.07. The van der Waals surface area contributed by atoms with Crippen LogP contribution in [0, 0.1) is 0 Å². The minimum absolute atomic E-state index is 0.531. The van der Waals surface area contributed by atoms with Gasteiger partial charge in [-0.25, -0.2) is 4.98 Å². The first-order valence-corrected chi connectivity index (χ1v) is 20.4. The Balaban J connectivity index is 1.10. The maximum Gasteiger partial charge on any atom is 0.238 e. The molecule has 13 rings (SSSR count). The predicted octanol–water partition coefficient (Wildman–Crippen LogP) is 14.6. The number of hydrogen-bond acceptors (Lipinski definition) is 5. The summed E-state index contributed by atoms with van der Waals surface area (Å²) in [6, 6.07) is 67.5. The highest BCUT2D eigenvalue weighted by molar-refractivity contribution is 6.21. The second-order valence-electron chi connectivity index (χ2n) is 15.5. The smallest absolute Gasteiger partial charge is 0.238 e. The van der Waals surface area contributed by atoms with Gasteiger partial charge in [0.2, 0.25) is 5.95 Å². The SMILES string of the molecule is c1ccc(-c2nc(-c3ccc4c(c3)oc3ccccc34)nc(-n3c4c(-c5cccc(-c6cccc7oc8ccccc8c67)c5)cccc4c4ccc5ccccc5c43)n2)cc1. The fourth-order valence-electron chi connectivity index (χ4n) is 9.30. The van der Waals surface area contributed by atoms with E-state index in [0.717, 1.165) is 110 Å². The van der Waals surface area contributed by atoms with Crippen LogP contribution in [0.2, 0.25) is 0 Å². The Bertz CT molecular complexity index is 3900. The lowest BCUT2D eigenvalue weighted by Gasteiger charge is -2.14. The summed E-state index contributed by atoms with van der Waals surface area (Å²) >= 11 is 0. The van der Waals surface area contributed by atoms with Gasteiger partial charge in [0.05, 0.1) is 11.0 Å². The van der Waals surface area contributed by atoms with E-state index in [1.54, 1.807) is 0 Å². The molecule has 61 heavy (non-hydrogen) atoms. The van der Waals surface area contributed by atoms with Gasteiger partial charge in [0, 0.05) is 54.4 Å². The summed E-state index contributed by atoms with van der Waals surface area (Å²) in [5, 5.41) is 8.82. The largest absolute Gasteiger partial charge is 0.456 e. The van der Waals surface area contributed by atoms with E-state index in [-0.39, 0.29) is 0 Å². The molecule has 6 nitrogen and oxygen atoms in total. The van der Waals surface area contributed by atoms with Gasteiger partial charge in [0.1, 0.15) is 22.3 Å². The number of rotatable bonds is 5. The van der Waals surface area contributed by atoms with E-state index < -0.39 is 0 Å². The lowest BCUT2D eigenvalue weighted by atomic mass is 9.95. The van der Waals surface area contributed by atoms with Crippen LogP contribution >= 0.6 is 0 Å². The van der Waals surface area contributed by atoms with E-state index in [1.165, 1.54) is 0 Å². The van der Waals surface area contributed by atoms with Gasteiger partial charge in [-0.3, -0.25) is 4.57 Å². The quantitative estimate of drug-likeness (QED) is 0.174. The molecule has 0 spiro atoms. The maximum absolute atomic E-state index is 6.36. The molecule has 0 fully saturated rings. The summed E-state index contributed by atoms with van der Waals surface area (Å²) in [5.41, 5.74) is 11.6. The molecule has 4 heterocycles. The van der Waals surface area contributed by atoms with Gasteiger partial charge in [0.15, 0.2) is 11.6 Å². The van der Waals surface area contributed by atoms with Crippen molar-refractivity contribution in [3.8, 4) is 51.0 Å². The fraction of sp³-hybridized carbons (Fsp3) is 0. The van der Waals surface area contributed by atoms with Crippen LogP contribution in [-0.4, -0.2) is 19.5 Å². The number of nitrogens with zero attached hydrogens (tertiary/aromatic N) is 4. The van der Waals surface area contributed by atoms with E-state index in [1.807, 2.05) is 72.8 Å². The summed E-state index contributed by atoms with van der Waals surface area (Å²) in [6.07, 6.45) is 0. The molecule has 0 saturated heterocycles. The zero-order valence-corrected chi connectivity index (χ0v) is 32.6. The topological polar surface area (TPSA) is 69.9 Å². The van der Waals surface area contributed by atoms with Gasteiger partial charge in [-0.15, -0.1) is 0 Å². The second kappa shape index (κ2) is 13.1. The van der Waals surface area contributed by atoms with E-state index in [2.05, 4.69) is 126 Å². The molecule has 284 valence electrons. The highest BCUT2D eigenvalue weighted by Crippen LogP contribution is 2.43. The van der Waals surface area contributed by atoms with Crippen molar-refractivity contribution in [3.05, 3.63) is 194 Å². The minimum atomic E-state index is 0.531. The molecule has 4 aromatic heterocycles. The average Bonchev–Trinajstić information content (AvgIpc) is 4.01. The molecule has 6 heteroatoms. The molecule has 13 aromatic rings. The van der Waals surface area contributed by atoms with Crippen molar-refractivity contribution in [2.45, 2.75) is 0 Å². The Morgan fingerprint density at radius 3 is 1.77 bits per heavy atom. The van der Waals surface area contributed by atoms with Gasteiger partial charge in [-0.2, -0.15) is 9.97 Å². The average molecular weight is 781 g/mol. The molecular formula is C55H32N4O2. The minimum Gasteiger partial charge on any atom is -0.456 e. The first-order valence-electron chi connectivity index (χ1n) is 20.4. The Kier molecular flexibility index (Phi) is 7.21.